The van der Waals surface area contributed by atoms with Crippen LogP contribution in [0.1, 0.15) is 72.4 Å². The number of benzene rings is 1. The molecule has 1 aromatic carbocycles. The van der Waals surface area contributed by atoms with Crippen LogP contribution in [0.3, 0.4) is 0 Å². The maximum atomic E-state index is 13.8. The standard InChI is InChI=1S/C25H41N3O4S/c1-8-9-16-28(21(22(29)26-18(2)3)19-13-11-10-12-14-19)23(30)20(15-17-33-7)27-24(31)32-25(4,5)6/h10-14,18,20-21H,8-9,15-17H2,1-7H3,(H,26,29)(H,27,31). The molecule has 2 atom stereocenters. The van der Waals surface area contributed by atoms with Gasteiger partial charge in [-0.2, -0.15) is 11.8 Å². The van der Waals surface area contributed by atoms with E-state index in [0.29, 0.717) is 18.7 Å². The average Bonchev–Trinajstić information content (AvgIpc) is 2.72. The lowest BCUT2D eigenvalue weighted by molar-refractivity contribution is -0.142. The van der Waals surface area contributed by atoms with Crippen molar-refractivity contribution < 1.29 is 19.1 Å². The fourth-order valence-electron chi connectivity index (χ4n) is 3.31. The fraction of sp³-hybridized carbons (Fsp3) is 0.640. The number of hydrogen-bond acceptors (Lipinski definition) is 5. The minimum absolute atomic E-state index is 0.0704. The third-order valence-electron chi connectivity index (χ3n) is 4.74. The first-order chi connectivity index (χ1) is 15.5. The molecule has 0 saturated carbocycles. The second kappa shape index (κ2) is 14.1. The van der Waals surface area contributed by atoms with Crippen LogP contribution in [-0.4, -0.2) is 59.0 Å². The Labute approximate surface area is 203 Å². The summed E-state index contributed by atoms with van der Waals surface area (Å²) in [5.74, 6) is 0.166. The van der Waals surface area contributed by atoms with Crippen LogP contribution in [0.25, 0.3) is 0 Å². The van der Waals surface area contributed by atoms with Gasteiger partial charge in [0.25, 0.3) is 0 Å². The smallest absolute Gasteiger partial charge is 0.408 e. The maximum absolute atomic E-state index is 13.8. The van der Waals surface area contributed by atoms with E-state index in [4.69, 9.17) is 4.74 Å². The number of carbonyl (C=O) groups excluding carboxylic acids is 3. The van der Waals surface area contributed by atoms with E-state index in [1.165, 1.54) is 0 Å². The summed E-state index contributed by atoms with van der Waals surface area (Å²) in [6.45, 7) is 11.6. The number of unbranched alkanes of at least 4 members (excludes halogenated alkanes) is 1. The van der Waals surface area contributed by atoms with Crippen LogP contribution in [0.4, 0.5) is 4.79 Å². The Morgan fingerprint density at radius 3 is 2.24 bits per heavy atom. The molecule has 0 fully saturated rings. The van der Waals surface area contributed by atoms with Gasteiger partial charge in [0.05, 0.1) is 0 Å². The lowest BCUT2D eigenvalue weighted by atomic mass is 10.0. The molecule has 1 aromatic rings. The van der Waals surface area contributed by atoms with Gasteiger partial charge in [-0.25, -0.2) is 4.79 Å². The van der Waals surface area contributed by atoms with Crippen LogP contribution in [0.2, 0.25) is 0 Å². The van der Waals surface area contributed by atoms with Gasteiger partial charge in [0.2, 0.25) is 11.8 Å². The Hall–Kier alpha value is -2.22. The highest BCUT2D eigenvalue weighted by Crippen LogP contribution is 2.24. The molecule has 0 spiro atoms. The van der Waals surface area contributed by atoms with E-state index in [1.54, 1.807) is 37.4 Å². The summed E-state index contributed by atoms with van der Waals surface area (Å²) in [6, 6.07) is 7.66. The average molecular weight is 480 g/mol. The van der Waals surface area contributed by atoms with Crippen molar-refractivity contribution in [3.05, 3.63) is 35.9 Å². The Morgan fingerprint density at radius 1 is 1.09 bits per heavy atom. The first kappa shape index (κ1) is 28.8. The van der Waals surface area contributed by atoms with Crippen LogP contribution < -0.4 is 10.6 Å². The van der Waals surface area contributed by atoms with Crippen molar-refractivity contribution in [2.45, 2.75) is 84.5 Å². The molecule has 186 valence electrons. The highest BCUT2D eigenvalue weighted by Gasteiger charge is 2.35. The van der Waals surface area contributed by atoms with Gasteiger partial charge in [-0.3, -0.25) is 9.59 Å². The van der Waals surface area contributed by atoms with E-state index < -0.39 is 23.8 Å². The number of nitrogens with one attached hydrogen (secondary N) is 2. The van der Waals surface area contributed by atoms with Gasteiger partial charge in [-0.15, -0.1) is 0 Å². The zero-order chi connectivity index (χ0) is 25.0. The zero-order valence-electron chi connectivity index (χ0n) is 21.1. The summed E-state index contributed by atoms with van der Waals surface area (Å²) in [5.41, 5.74) is 0.0593. The van der Waals surface area contributed by atoms with E-state index >= 15 is 0 Å². The molecule has 1 rings (SSSR count). The topological polar surface area (TPSA) is 87.7 Å². The summed E-state index contributed by atoms with van der Waals surface area (Å²) in [4.78, 5) is 41.2. The van der Waals surface area contributed by atoms with Crippen LogP contribution in [0.5, 0.6) is 0 Å². The molecule has 2 unspecified atom stereocenters. The number of amides is 3. The van der Waals surface area contributed by atoms with E-state index in [0.717, 1.165) is 18.4 Å². The van der Waals surface area contributed by atoms with Gasteiger partial charge in [0, 0.05) is 12.6 Å². The monoisotopic (exact) mass is 479 g/mol. The normalized spacial score (nSPS) is 13.2. The Morgan fingerprint density at radius 2 is 1.73 bits per heavy atom. The summed E-state index contributed by atoms with van der Waals surface area (Å²) in [5, 5.41) is 5.71. The maximum Gasteiger partial charge on any atom is 0.408 e. The molecule has 0 aliphatic heterocycles. The molecule has 8 heteroatoms. The fourth-order valence-corrected chi connectivity index (χ4v) is 3.78. The molecule has 2 N–H and O–H groups in total. The van der Waals surface area contributed by atoms with E-state index in [-0.39, 0.29) is 17.9 Å². The SMILES string of the molecule is CCCCN(C(=O)C(CCSC)NC(=O)OC(C)(C)C)C(C(=O)NC(C)C)c1ccccc1. The van der Waals surface area contributed by atoms with Gasteiger partial charge < -0.3 is 20.3 Å². The predicted octanol–water partition coefficient (Wildman–Crippen LogP) is 4.53. The predicted molar refractivity (Wildman–Crippen MR) is 135 cm³/mol. The second-order valence-electron chi connectivity index (χ2n) is 9.34. The Kier molecular flexibility index (Phi) is 12.3. The number of carbonyl (C=O) groups is 3. The molecule has 0 heterocycles. The van der Waals surface area contributed by atoms with Crippen LogP contribution in [0, 0.1) is 0 Å². The van der Waals surface area contributed by atoms with Crippen molar-refractivity contribution in [3.8, 4) is 0 Å². The van der Waals surface area contributed by atoms with E-state index in [2.05, 4.69) is 10.6 Å². The van der Waals surface area contributed by atoms with Crippen LogP contribution in [0.15, 0.2) is 30.3 Å². The first-order valence-corrected chi connectivity index (χ1v) is 13.0. The molecular weight excluding hydrogens is 438 g/mol. The molecule has 0 aliphatic rings. The van der Waals surface area contributed by atoms with Gasteiger partial charge in [0.1, 0.15) is 17.7 Å². The molecular formula is C25H41N3O4S. The number of nitrogens with zero attached hydrogens (tertiary/aromatic N) is 1. The highest BCUT2D eigenvalue weighted by atomic mass is 32.2. The van der Waals surface area contributed by atoms with Crippen molar-refractivity contribution in [2.75, 3.05) is 18.6 Å². The number of rotatable bonds is 12. The molecule has 0 aromatic heterocycles. The molecule has 3 amide bonds. The van der Waals surface area contributed by atoms with Crippen molar-refractivity contribution in [1.29, 1.82) is 0 Å². The molecule has 0 saturated heterocycles. The second-order valence-corrected chi connectivity index (χ2v) is 10.3. The number of ether oxygens (including phenoxy) is 1. The molecule has 7 nitrogen and oxygen atoms in total. The van der Waals surface area contributed by atoms with Gasteiger partial charge in [-0.1, -0.05) is 43.7 Å². The minimum Gasteiger partial charge on any atom is -0.444 e. The molecule has 33 heavy (non-hydrogen) atoms. The van der Waals surface area contributed by atoms with Crippen molar-refractivity contribution in [3.63, 3.8) is 0 Å². The van der Waals surface area contributed by atoms with Crippen molar-refractivity contribution in [2.24, 2.45) is 0 Å². The summed E-state index contributed by atoms with van der Waals surface area (Å²) in [7, 11) is 0. The van der Waals surface area contributed by atoms with Crippen LogP contribution >= 0.6 is 11.8 Å². The number of hydrogen-bond donors (Lipinski definition) is 2. The van der Waals surface area contributed by atoms with Crippen molar-refractivity contribution in [1.82, 2.24) is 15.5 Å². The Balaban J connectivity index is 3.34. The summed E-state index contributed by atoms with van der Waals surface area (Å²) in [6.07, 6.45) is 3.36. The van der Waals surface area contributed by atoms with E-state index in [9.17, 15) is 14.4 Å². The lowest BCUT2D eigenvalue weighted by Crippen LogP contribution is -2.53. The quantitative estimate of drug-likeness (QED) is 0.460. The highest BCUT2D eigenvalue weighted by molar-refractivity contribution is 7.98. The zero-order valence-corrected chi connectivity index (χ0v) is 22.0. The molecule has 0 aliphatic carbocycles. The Bertz CT molecular complexity index is 750. The summed E-state index contributed by atoms with van der Waals surface area (Å²) < 4.78 is 5.40. The van der Waals surface area contributed by atoms with E-state index in [1.807, 2.05) is 57.4 Å². The number of thioether (sulfide) groups is 1. The molecule has 0 radical (unpaired) electrons. The van der Waals surface area contributed by atoms with Crippen LogP contribution in [-0.2, 0) is 14.3 Å². The minimum atomic E-state index is -0.790. The van der Waals surface area contributed by atoms with Gasteiger partial charge in [-0.05, 0) is 65.0 Å². The first-order valence-electron chi connectivity index (χ1n) is 11.6. The third kappa shape index (κ3) is 10.5. The molecule has 0 bridgehead atoms. The number of alkyl carbamates (subject to hydrolysis) is 1. The van der Waals surface area contributed by atoms with Crippen molar-refractivity contribution >= 4 is 29.7 Å². The van der Waals surface area contributed by atoms with Gasteiger partial charge >= 0.3 is 6.09 Å². The third-order valence-corrected chi connectivity index (χ3v) is 5.39. The summed E-state index contributed by atoms with van der Waals surface area (Å²) >= 11 is 1.59. The largest absolute Gasteiger partial charge is 0.444 e. The van der Waals surface area contributed by atoms with Gasteiger partial charge in [0.15, 0.2) is 0 Å². The lowest BCUT2D eigenvalue weighted by Gasteiger charge is -2.35.